The number of benzene rings is 1. The fraction of sp³-hybridized carbons (Fsp3) is 0.677. The minimum Gasteiger partial charge on any atom is -0.508 e. The fourth-order valence-corrected chi connectivity index (χ4v) is 5.80. The monoisotopic (exact) mass is 609 g/mol. The van der Waals surface area contributed by atoms with Crippen molar-refractivity contribution in [2.24, 2.45) is 11.3 Å². The van der Waals surface area contributed by atoms with Gasteiger partial charge in [0.15, 0.2) is 12.3 Å². The third-order valence-electron chi connectivity index (χ3n) is 9.02. The van der Waals surface area contributed by atoms with Crippen molar-refractivity contribution < 1.29 is 54.1 Å². The Morgan fingerprint density at radius 3 is 2.42 bits per heavy atom. The maximum Gasteiger partial charge on any atom is 0.342 e. The fourth-order valence-electron chi connectivity index (χ4n) is 5.80. The number of carbonyl (C=O) groups is 2. The minimum atomic E-state index is -1.50. The molecule has 1 unspecified atom stereocenters. The number of hydrogen-bond acceptors (Lipinski definition) is 11. The van der Waals surface area contributed by atoms with Gasteiger partial charge in [-0.25, -0.2) is 4.79 Å². The molecular weight excluding hydrogens is 562 g/mol. The summed E-state index contributed by atoms with van der Waals surface area (Å²) in [7, 11) is 2.76. The molecule has 12 nitrogen and oxygen atoms in total. The Morgan fingerprint density at radius 1 is 1.19 bits per heavy atom. The zero-order valence-electron chi connectivity index (χ0n) is 26.0. The third kappa shape index (κ3) is 7.50. The lowest BCUT2D eigenvalue weighted by molar-refractivity contribution is -0.217. The molecule has 12 heteroatoms. The van der Waals surface area contributed by atoms with Gasteiger partial charge in [-0.15, -0.1) is 6.58 Å². The molecule has 0 spiro atoms. The average molecular weight is 610 g/mol. The summed E-state index contributed by atoms with van der Waals surface area (Å²) in [5.41, 5.74) is 0.851. The Morgan fingerprint density at radius 2 is 1.84 bits per heavy atom. The van der Waals surface area contributed by atoms with Crippen LogP contribution in [0.25, 0.3) is 0 Å². The van der Waals surface area contributed by atoms with E-state index in [2.05, 4.69) is 11.9 Å². The SMILES string of the molecule is C=C(C)C[C@@H](OC)[C@H](O)C(=O)NC(OC)[C@@H]1C[C@@H](O)C(C)(C)[C@@H](C[C@H](O)[C@@H](C)[C@H]2Cc3c(C)c(O)cc(O)c3C(=O)O2)O1. The second kappa shape index (κ2) is 13.9. The maximum absolute atomic E-state index is 12.9. The molecule has 2 aliphatic heterocycles. The van der Waals surface area contributed by atoms with Crippen LogP contribution in [0, 0.1) is 18.3 Å². The van der Waals surface area contributed by atoms with E-state index in [-0.39, 0.29) is 42.7 Å². The Balaban J connectivity index is 1.73. The van der Waals surface area contributed by atoms with Gasteiger partial charge in [0, 0.05) is 50.9 Å². The number of aliphatic hydroxyl groups excluding tert-OH is 3. The van der Waals surface area contributed by atoms with Gasteiger partial charge in [-0.05, 0) is 31.4 Å². The van der Waals surface area contributed by atoms with Crippen LogP contribution < -0.4 is 5.32 Å². The van der Waals surface area contributed by atoms with Crippen LogP contribution in [0.1, 0.15) is 68.4 Å². The number of cyclic esters (lactones) is 1. The molecule has 2 aliphatic rings. The zero-order valence-corrected chi connectivity index (χ0v) is 26.0. The Kier molecular flexibility index (Phi) is 11.2. The number of esters is 1. The van der Waals surface area contributed by atoms with Crippen LogP contribution in [0.4, 0.5) is 0 Å². The number of fused-ring (bicyclic) bond motifs is 1. The Labute approximate surface area is 252 Å². The summed E-state index contributed by atoms with van der Waals surface area (Å²) in [4.78, 5) is 25.6. The summed E-state index contributed by atoms with van der Waals surface area (Å²) in [6.07, 6.45) is -6.89. The lowest BCUT2D eigenvalue weighted by atomic mass is 9.73. The van der Waals surface area contributed by atoms with Gasteiger partial charge in [0.1, 0.15) is 29.3 Å². The number of amides is 1. The highest BCUT2D eigenvalue weighted by Crippen LogP contribution is 2.42. The van der Waals surface area contributed by atoms with Gasteiger partial charge in [-0.2, -0.15) is 0 Å². The van der Waals surface area contributed by atoms with E-state index in [0.29, 0.717) is 11.1 Å². The lowest BCUT2D eigenvalue weighted by Gasteiger charge is -2.48. The summed E-state index contributed by atoms with van der Waals surface area (Å²) >= 11 is 0. The van der Waals surface area contributed by atoms with Crippen LogP contribution in [-0.4, -0.2) is 101 Å². The van der Waals surface area contributed by atoms with Crippen molar-refractivity contribution >= 4 is 11.9 Å². The first-order valence-corrected chi connectivity index (χ1v) is 14.5. The molecule has 2 heterocycles. The van der Waals surface area contributed by atoms with E-state index in [1.54, 1.807) is 20.8 Å². The Bertz CT molecular complexity index is 1180. The molecular formula is C31H47NO11. The Hall–Kier alpha value is -2.74. The van der Waals surface area contributed by atoms with Crippen molar-refractivity contribution in [1.82, 2.24) is 5.32 Å². The summed E-state index contributed by atoms with van der Waals surface area (Å²) in [5, 5.41) is 56.0. The number of hydrogen-bond donors (Lipinski definition) is 6. The highest BCUT2D eigenvalue weighted by molar-refractivity contribution is 5.96. The number of phenolic OH excluding ortho intramolecular Hbond substituents is 2. The highest BCUT2D eigenvalue weighted by Gasteiger charge is 2.48. The molecule has 3 rings (SSSR count). The second-order valence-electron chi connectivity index (χ2n) is 12.5. The van der Waals surface area contributed by atoms with E-state index in [1.165, 1.54) is 14.2 Å². The van der Waals surface area contributed by atoms with Gasteiger partial charge >= 0.3 is 5.97 Å². The van der Waals surface area contributed by atoms with Crippen LogP contribution in [0.3, 0.4) is 0 Å². The summed E-state index contributed by atoms with van der Waals surface area (Å²) < 4.78 is 22.7. The number of aliphatic hydroxyl groups is 3. The molecule has 0 aliphatic carbocycles. The smallest absolute Gasteiger partial charge is 0.342 e. The van der Waals surface area contributed by atoms with Crippen LogP contribution in [0.5, 0.6) is 11.5 Å². The van der Waals surface area contributed by atoms with Crippen LogP contribution in [0.15, 0.2) is 18.2 Å². The van der Waals surface area contributed by atoms with Crippen molar-refractivity contribution in [2.75, 3.05) is 14.2 Å². The summed E-state index contributed by atoms with van der Waals surface area (Å²) in [5.74, 6) is -2.57. The second-order valence-corrected chi connectivity index (χ2v) is 12.5. The first-order valence-electron chi connectivity index (χ1n) is 14.5. The van der Waals surface area contributed by atoms with E-state index in [1.807, 2.05) is 13.8 Å². The summed E-state index contributed by atoms with van der Waals surface area (Å²) in [6, 6.07) is 1.10. The number of nitrogens with one attached hydrogen (secondary N) is 1. The first kappa shape index (κ1) is 34.7. The number of rotatable bonds is 12. The van der Waals surface area contributed by atoms with Gasteiger partial charge in [-0.1, -0.05) is 26.3 Å². The lowest BCUT2D eigenvalue weighted by Crippen LogP contribution is -2.59. The number of aromatic hydroxyl groups is 2. The number of phenols is 2. The van der Waals surface area contributed by atoms with Gasteiger partial charge in [0.05, 0.1) is 24.4 Å². The molecule has 0 radical (unpaired) electrons. The molecule has 6 N–H and O–H groups in total. The quantitative estimate of drug-likeness (QED) is 0.115. The maximum atomic E-state index is 12.9. The average Bonchev–Trinajstić information content (AvgIpc) is 2.94. The molecule has 9 atom stereocenters. The van der Waals surface area contributed by atoms with Gasteiger partial charge in [0.25, 0.3) is 5.91 Å². The predicted molar refractivity (Wildman–Crippen MR) is 155 cm³/mol. The molecule has 1 aromatic rings. The normalized spacial score (nSPS) is 26.8. The topological polar surface area (TPSA) is 184 Å². The predicted octanol–water partition coefficient (Wildman–Crippen LogP) is 1.85. The molecule has 0 aromatic heterocycles. The van der Waals surface area contributed by atoms with E-state index in [9.17, 15) is 35.1 Å². The first-order chi connectivity index (χ1) is 20.0. The van der Waals surface area contributed by atoms with E-state index in [0.717, 1.165) is 11.6 Å². The summed E-state index contributed by atoms with van der Waals surface area (Å²) in [6.45, 7) is 12.6. The van der Waals surface area contributed by atoms with E-state index >= 15 is 0 Å². The van der Waals surface area contributed by atoms with Crippen LogP contribution in [0.2, 0.25) is 0 Å². The molecule has 242 valence electrons. The molecule has 1 amide bonds. The highest BCUT2D eigenvalue weighted by atomic mass is 16.6. The third-order valence-corrected chi connectivity index (χ3v) is 9.02. The van der Waals surface area contributed by atoms with Gasteiger partial charge < -0.3 is 49.8 Å². The molecule has 43 heavy (non-hydrogen) atoms. The molecule has 0 bridgehead atoms. The molecule has 1 aromatic carbocycles. The van der Waals surface area contributed by atoms with Crippen molar-refractivity contribution in [2.45, 2.75) is 109 Å². The minimum absolute atomic E-state index is 0.00479. The number of carbonyl (C=O) groups excluding carboxylic acids is 2. The van der Waals surface area contributed by atoms with Crippen LogP contribution >= 0.6 is 0 Å². The largest absolute Gasteiger partial charge is 0.508 e. The van der Waals surface area contributed by atoms with E-state index in [4.69, 9.17) is 18.9 Å². The van der Waals surface area contributed by atoms with Crippen molar-refractivity contribution in [3.05, 3.63) is 34.9 Å². The molecule has 0 saturated carbocycles. The number of ether oxygens (including phenoxy) is 4. The number of methoxy groups -OCH3 is 2. The van der Waals surface area contributed by atoms with Gasteiger partial charge in [-0.3, -0.25) is 4.79 Å². The standard InChI is InChI=1S/C31H47NO11/c1-14(2)9-22(40-7)27(37)28(38)32-29(41-8)23-13-24(36)31(5,6)25(42-23)12-19(34)16(4)21-10-17-15(3)18(33)11-20(35)26(17)30(39)43-21/h11,16,19,21-25,27,29,33-37H,1,9-10,12-13H2,2-8H3,(H,32,38)/t16-,19+,21-,22-,23+,24-,25-,27+,29?/m1/s1. The van der Waals surface area contributed by atoms with Crippen molar-refractivity contribution in [3.8, 4) is 11.5 Å². The van der Waals surface area contributed by atoms with Crippen molar-refractivity contribution in [3.63, 3.8) is 0 Å². The van der Waals surface area contributed by atoms with E-state index < -0.39 is 72.2 Å². The van der Waals surface area contributed by atoms with Crippen molar-refractivity contribution in [1.29, 1.82) is 0 Å². The molecule has 1 fully saturated rings. The zero-order chi connectivity index (χ0) is 32.4. The van der Waals surface area contributed by atoms with Crippen LogP contribution in [-0.2, 0) is 30.2 Å². The molecule has 1 saturated heterocycles. The van der Waals surface area contributed by atoms with Gasteiger partial charge in [0.2, 0.25) is 0 Å².